The smallest absolute Gasteiger partial charge is 0.253 e. The number of nitrogens with one attached hydrogen (secondary N) is 1. The Hall–Kier alpha value is -2.57. The van der Waals surface area contributed by atoms with Gasteiger partial charge in [-0.25, -0.2) is 8.42 Å². The number of fused-ring (bicyclic) bond motifs is 1. The van der Waals surface area contributed by atoms with Crippen molar-refractivity contribution in [2.45, 2.75) is 63.5 Å². The van der Waals surface area contributed by atoms with Gasteiger partial charge in [-0.3, -0.25) is 9.79 Å². The highest BCUT2D eigenvalue weighted by atomic mass is 32.2. The van der Waals surface area contributed by atoms with E-state index in [0.29, 0.717) is 39.2 Å². The lowest BCUT2D eigenvalue weighted by molar-refractivity contribution is -0.139. The molecule has 1 unspecified atom stereocenters. The molecule has 1 aromatic carbocycles. The van der Waals surface area contributed by atoms with Gasteiger partial charge < -0.3 is 24.1 Å². The van der Waals surface area contributed by atoms with Gasteiger partial charge in [0.25, 0.3) is 5.91 Å². The maximum absolute atomic E-state index is 13.2. The normalized spacial score (nSPS) is 26.1. The number of aliphatic imine (C=N–C) groups is 1. The lowest BCUT2D eigenvalue weighted by Gasteiger charge is -2.34. The molecule has 4 aliphatic heterocycles. The predicted octanol–water partition coefficient (Wildman–Crippen LogP) is 2.88. The number of rotatable bonds is 6. The second kappa shape index (κ2) is 10.1. The first-order valence-corrected chi connectivity index (χ1v) is 15.2. The van der Waals surface area contributed by atoms with Crippen molar-refractivity contribution in [3.05, 3.63) is 41.4 Å². The standard InChI is InChI=1S/C28H36N4O6S/c1-27(2)37-19-22(38-27)18-31-12-6-23-20(4-3-5-24(23)31)9-17-39(34,35)32-13-10-28(11-14-32)26(33)29-25(30-28)21-7-15-36-16-8-21/h3-6,9,12,17,21-22H,7-8,10-11,13-16,18-19H2,1-2H3,(H,29,30,33). The Morgan fingerprint density at radius 3 is 2.64 bits per heavy atom. The van der Waals surface area contributed by atoms with Crippen LogP contribution in [0.15, 0.2) is 40.9 Å². The predicted molar refractivity (Wildman–Crippen MR) is 147 cm³/mol. The molecule has 210 valence electrons. The van der Waals surface area contributed by atoms with Crippen LogP contribution in [0, 0.1) is 5.92 Å². The van der Waals surface area contributed by atoms with E-state index in [2.05, 4.69) is 9.88 Å². The second-order valence-corrected chi connectivity index (χ2v) is 13.1. The van der Waals surface area contributed by atoms with E-state index in [1.807, 2.05) is 44.3 Å². The van der Waals surface area contributed by atoms with Crippen LogP contribution < -0.4 is 5.32 Å². The summed E-state index contributed by atoms with van der Waals surface area (Å²) < 4.78 is 47.1. The summed E-state index contributed by atoms with van der Waals surface area (Å²) in [4.78, 5) is 17.7. The Labute approximate surface area is 229 Å². The van der Waals surface area contributed by atoms with Crippen LogP contribution in [0.1, 0.15) is 45.1 Å². The molecular weight excluding hydrogens is 520 g/mol. The van der Waals surface area contributed by atoms with Crippen LogP contribution >= 0.6 is 0 Å². The van der Waals surface area contributed by atoms with Gasteiger partial charge in [-0.15, -0.1) is 0 Å². The van der Waals surface area contributed by atoms with Crippen molar-refractivity contribution in [2.75, 3.05) is 32.9 Å². The minimum absolute atomic E-state index is 0.0448. The molecule has 4 aliphatic rings. The summed E-state index contributed by atoms with van der Waals surface area (Å²) in [6, 6.07) is 7.87. The summed E-state index contributed by atoms with van der Waals surface area (Å²) in [6.45, 7) is 6.86. The van der Waals surface area contributed by atoms with Crippen LogP contribution in [0.4, 0.5) is 0 Å². The van der Waals surface area contributed by atoms with Gasteiger partial charge in [0.15, 0.2) is 5.79 Å². The van der Waals surface area contributed by atoms with Crippen molar-refractivity contribution in [3.8, 4) is 0 Å². The topological polar surface area (TPSA) is 111 Å². The fourth-order valence-electron chi connectivity index (χ4n) is 6.03. The minimum atomic E-state index is -3.66. The van der Waals surface area contributed by atoms with Gasteiger partial charge in [-0.2, -0.15) is 4.31 Å². The molecule has 10 nitrogen and oxygen atoms in total. The van der Waals surface area contributed by atoms with E-state index < -0.39 is 21.3 Å². The third-order valence-corrected chi connectivity index (χ3v) is 9.82. The highest BCUT2D eigenvalue weighted by Crippen LogP contribution is 2.34. The summed E-state index contributed by atoms with van der Waals surface area (Å²) in [5.74, 6) is 0.265. The van der Waals surface area contributed by atoms with Gasteiger partial charge in [0, 0.05) is 54.7 Å². The highest BCUT2D eigenvalue weighted by Gasteiger charge is 2.48. The summed E-state index contributed by atoms with van der Waals surface area (Å²) in [5, 5.41) is 5.23. The Kier molecular flexibility index (Phi) is 6.91. The zero-order valence-electron chi connectivity index (χ0n) is 22.5. The molecule has 5 heterocycles. The number of aromatic nitrogens is 1. The van der Waals surface area contributed by atoms with Gasteiger partial charge in [0.1, 0.15) is 17.5 Å². The zero-order chi connectivity index (χ0) is 27.3. The van der Waals surface area contributed by atoms with Crippen molar-refractivity contribution >= 4 is 38.7 Å². The first-order valence-electron chi connectivity index (χ1n) is 13.7. The van der Waals surface area contributed by atoms with Crippen molar-refractivity contribution in [2.24, 2.45) is 10.9 Å². The fourth-order valence-corrected chi connectivity index (χ4v) is 7.21. The van der Waals surface area contributed by atoms with E-state index in [4.69, 9.17) is 19.2 Å². The first kappa shape index (κ1) is 26.6. The summed E-state index contributed by atoms with van der Waals surface area (Å²) in [6.07, 6.45) is 6.05. The Bertz CT molecular complexity index is 1410. The van der Waals surface area contributed by atoms with Crippen LogP contribution in [0.25, 0.3) is 17.0 Å². The molecule has 3 fully saturated rings. The van der Waals surface area contributed by atoms with E-state index in [0.717, 1.165) is 35.1 Å². The molecule has 2 aromatic rings. The van der Waals surface area contributed by atoms with E-state index >= 15 is 0 Å². The van der Waals surface area contributed by atoms with E-state index in [1.54, 1.807) is 6.08 Å². The molecule has 1 amide bonds. The van der Waals surface area contributed by atoms with Crippen LogP contribution in [-0.4, -0.2) is 79.4 Å². The number of amidine groups is 1. The van der Waals surface area contributed by atoms with Crippen LogP contribution in [-0.2, 0) is 35.6 Å². The van der Waals surface area contributed by atoms with Crippen LogP contribution in [0.2, 0.25) is 0 Å². The van der Waals surface area contributed by atoms with Crippen molar-refractivity contribution in [1.82, 2.24) is 14.2 Å². The quantitative estimate of drug-likeness (QED) is 0.586. The molecule has 0 aliphatic carbocycles. The van der Waals surface area contributed by atoms with Gasteiger partial charge in [-0.1, -0.05) is 12.1 Å². The summed E-state index contributed by atoms with van der Waals surface area (Å²) in [7, 11) is -3.66. The molecule has 1 spiro atoms. The van der Waals surface area contributed by atoms with E-state index in [1.165, 1.54) is 9.71 Å². The third-order valence-electron chi connectivity index (χ3n) is 8.25. The maximum atomic E-state index is 13.2. The molecule has 0 bridgehead atoms. The monoisotopic (exact) mass is 556 g/mol. The number of benzene rings is 1. The SMILES string of the molecule is CC1(C)OCC(Cn2ccc3c(C=CS(=O)(=O)N4CCC5(CC4)N=C(C4CCOCC4)NC5=O)cccc32)O1. The average Bonchev–Trinajstić information content (AvgIpc) is 3.59. The number of ether oxygens (including phenoxy) is 3. The minimum Gasteiger partial charge on any atom is -0.381 e. The lowest BCUT2D eigenvalue weighted by Crippen LogP contribution is -2.50. The number of carbonyl (C=O) groups is 1. The third kappa shape index (κ3) is 5.30. The molecule has 1 atom stereocenters. The fraction of sp³-hybridized carbons (Fsp3) is 0.571. The summed E-state index contributed by atoms with van der Waals surface area (Å²) in [5.41, 5.74) is 0.975. The lowest BCUT2D eigenvalue weighted by atomic mass is 9.89. The number of amides is 1. The van der Waals surface area contributed by atoms with Crippen molar-refractivity contribution < 1.29 is 27.4 Å². The van der Waals surface area contributed by atoms with E-state index in [9.17, 15) is 13.2 Å². The molecule has 0 saturated carbocycles. The van der Waals surface area contributed by atoms with Gasteiger partial charge >= 0.3 is 0 Å². The molecule has 3 saturated heterocycles. The second-order valence-electron chi connectivity index (χ2n) is 11.3. The van der Waals surface area contributed by atoms with Gasteiger partial charge in [0.05, 0.1) is 13.2 Å². The largest absolute Gasteiger partial charge is 0.381 e. The number of sulfonamides is 1. The molecule has 1 aromatic heterocycles. The first-order chi connectivity index (χ1) is 18.6. The van der Waals surface area contributed by atoms with E-state index in [-0.39, 0.29) is 31.0 Å². The Balaban J connectivity index is 1.13. The Morgan fingerprint density at radius 1 is 1.15 bits per heavy atom. The number of piperidine rings is 1. The van der Waals surface area contributed by atoms with Crippen molar-refractivity contribution in [1.29, 1.82) is 0 Å². The van der Waals surface area contributed by atoms with Crippen molar-refractivity contribution in [3.63, 3.8) is 0 Å². The molecule has 39 heavy (non-hydrogen) atoms. The number of hydrogen-bond acceptors (Lipinski definition) is 7. The van der Waals surface area contributed by atoms with Crippen LogP contribution in [0.5, 0.6) is 0 Å². The number of carbonyl (C=O) groups excluding carboxylic acids is 1. The maximum Gasteiger partial charge on any atom is 0.253 e. The highest BCUT2D eigenvalue weighted by molar-refractivity contribution is 7.92. The molecule has 1 N–H and O–H groups in total. The molecule has 6 rings (SSSR count). The molecule has 11 heteroatoms. The number of nitrogens with zero attached hydrogens (tertiary/aromatic N) is 3. The summed E-state index contributed by atoms with van der Waals surface area (Å²) >= 11 is 0. The Morgan fingerprint density at radius 2 is 1.92 bits per heavy atom. The zero-order valence-corrected chi connectivity index (χ0v) is 23.3. The number of hydrogen-bond donors (Lipinski definition) is 1. The van der Waals surface area contributed by atoms with Gasteiger partial charge in [-0.05, 0) is 63.3 Å². The van der Waals surface area contributed by atoms with Crippen LogP contribution in [0.3, 0.4) is 0 Å². The average molecular weight is 557 g/mol. The van der Waals surface area contributed by atoms with Gasteiger partial charge in [0.2, 0.25) is 10.0 Å². The molecule has 0 radical (unpaired) electrons. The molecular formula is C28H36N4O6S.